The second kappa shape index (κ2) is 13.8. The van der Waals surface area contributed by atoms with Gasteiger partial charge in [-0.2, -0.15) is 0 Å². The van der Waals surface area contributed by atoms with E-state index in [1.807, 2.05) is 73.5 Å². The van der Waals surface area contributed by atoms with Gasteiger partial charge in [-0.3, -0.25) is 9.79 Å². The van der Waals surface area contributed by atoms with Crippen LogP contribution >= 0.6 is 24.0 Å². The summed E-state index contributed by atoms with van der Waals surface area (Å²) in [5.74, 6) is 1.62. The lowest BCUT2D eigenvalue weighted by atomic mass is 10.1. The average Bonchev–Trinajstić information content (AvgIpc) is 2.75. The van der Waals surface area contributed by atoms with Crippen molar-refractivity contribution in [2.75, 3.05) is 27.2 Å². The Labute approximate surface area is 197 Å². The van der Waals surface area contributed by atoms with Gasteiger partial charge in [-0.05, 0) is 43.2 Å². The molecule has 1 amide bonds. The Morgan fingerprint density at radius 1 is 1.13 bits per heavy atom. The molecule has 0 saturated heterocycles. The number of halogens is 1. The lowest BCUT2D eigenvalue weighted by Crippen LogP contribution is -2.40. The minimum absolute atomic E-state index is 0. The molecule has 0 heterocycles. The summed E-state index contributed by atoms with van der Waals surface area (Å²) in [6.07, 6.45) is 0.913. The van der Waals surface area contributed by atoms with E-state index in [-0.39, 0.29) is 35.9 Å². The van der Waals surface area contributed by atoms with Crippen LogP contribution in [-0.4, -0.2) is 50.1 Å². The molecule has 0 aliphatic rings. The maximum atomic E-state index is 12.2. The number of amides is 1. The predicted octanol–water partition coefficient (Wildman–Crippen LogP) is 3.92. The number of hydrogen-bond donors (Lipinski definition) is 2. The minimum atomic E-state index is -0.0344. The molecule has 164 valence electrons. The van der Waals surface area contributed by atoms with E-state index in [4.69, 9.17) is 4.74 Å². The Morgan fingerprint density at radius 2 is 1.80 bits per heavy atom. The normalized spacial score (nSPS) is 11.8. The third-order valence-corrected chi connectivity index (χ3v) is 4.67. The smallest absolute Gasteiger partial charge is 0.251 e. The molecule has 2 N–H and O–H groups in total. The van der Waals surface area contributed by atoms with Gasteiger partial charge in [0.1, 0.15) is 12.4 Å². The number of guanidine groups is 1. The molecule has 2 aromatic carbocycles. The molecule has 30 heavy (non-hydrogen) atoms. The van der Waals surface area contributed by atoms with Crippen LogP contribution in [-0.2, 0) is 6.54 Å². The number of para-hydroxylation sites is 1. The number of benzene rings is 2. The van der Waals surface area contributed by atoms with Gasteiger partial charge in [-0.15, -0.1) is 24.0 Å². The quantitative estimate of drug-likeness (QED) is 0.297. The average molecular weight is 524 g/mol. The van der Waals surface area contributed by atoms with Crippen molar-refractivity contribution < 1.29 is 9.53 Å². The standard InChI is InChI=1S/C23H32N4O2.HI/c1-5-18(2)26-22(28)20-13-11-19(12-14-20)17-25-23(24-3)27(4)15-16-29-21-9-7-6-8-10-21;/h6-14,18H,5,15-17H2,1-4H3,(H,24,25)(H,26,28);1H. The number of hydrogen-bond acceptors (Lipinski definition) is 3. The van der Waals surface area contributed by atoms with E-state index < -0.39 is 0 Å². The summed E-state index contributed by atoms with van der Waals surface area (Å²) in [6, 6.07) is 17.6. The summed E-state index contributed by atoms with van der Waals surface area (Å²) in [6.45, 7) is 5.97. The van der Waals surface area contributed by atoms with Gasteiger partial charge in [0, 0.05) is 32.2 Å². The van der Waals surface area contributed by atoms with Gasteiger partial charge in [0.05, 0.1) is 6.54 Å². The van der Waals surface area contributed by atoms with Crippen LogP contribution in [0.4, 0.5) is 0 Å². The van der Waals surface area contributed by atoms with Gasteiger partial charge in [0.15, 0.2) is 5.96 Å². The van der Waals surface area contributed by atoms with Crippen LogP contribution in [0, 0.1) is 0 Å². The van der Waals surface area contributed by atoms with Crippen LogP contribution in [0.1, 0.15) is 36.2 Å². The first-order valence-corrected chi connectivity index (χ1v) is 10.0. The summed E-state index contributed by atoms with van der Waals surface area (Å²) in [5, 5.41) is 6.32. The molecule has 7 heteroatoms. The van der Waals surface area contributed by atoms with Crippen molar-refractivity contribution in [1.82, 2.24) is 15.5 Å². The maximum absolute atomic E-state index is 12.2. The summed E-state index contributed by atoms with van der Waals surface area (Å²) >= 11 is 0. The third kappa shape index (κ3) is 8.61. The van der Waals surface area contributed by atoms with Crippen molar-refractivity contribution in [3.8, 4) is 5.75 Å². The molecule has 1 atom stereocenters. The van der Waals surface area contributed by atoms with E-state index in [1.165, 1.54) is 0 Å². The molecule has 1 unspecified atom stereocenters. The van der Waals surface area contributed by atoms with Gasteiger partial charge in [0.2, 0.25) is 0 Å². The molecule has 0 aliphatic carbocycles. The molecule has 0 aromatic heterocycles. The second-order valence-corrected chi connectivity index (χ2v) is 6.96. The van der Waals surface area contributed by atoms with Crippen molar-refractivity contribution in [1.29, 1.82) is 0 Å². The highest BCUT2D eigenvalue weighted by atomic mass is 127. The first-order chi connectivity index (χ1) is 14.0. The topological polar surface area (TPSA) is 66.0 Å². The number of rotatable bonds is 9. The van der Waals surface area contributed by atoms with Crippen molar-refractivity contribution in [2.24, 2.45) is 4.99 Å². The molecular weight excluding hydrogens is 491 g/mol. The number of carbonyl (C=O) groups is 1. The van der Waals surface area contributed by atoms with Crippen molar-refractivity contribution in [3.63, 3.8) is 0 Å². The summed E-state index contributed by atoms with van der Waals surface area (Å²) in [4.78, 5) is 18.5. The van der Waals surface area contributed by atoms with E-state index in [2.05, 4.69) is 22.5 Å². The Hall–Kier alpha value is -2.29. The predicted molar refractivity (Wildman–Crippen MR) is 134 cm³/mol. The number of carbonyl (C=O) groups excluding carboxylic acids is 1. The molecule has 0 spiro atoms. The Morgan fingerprint density at radius 3 is 2.40 bits per heavy atom. The first-order valence-electron chi connectivity index (χ1n) is 10.0. The van der Waals surface area contributed by atoms with E-state index in [1.54, 1.807) is 7.05 Å². The van der Waals surface area contributed by atoms with E-state index in [9.17, 15) is 4.79 Å². The fraction of sp³-hybridized carbons (Fsp3) is 0.391. The van der Waals surface area contributed by atoms with Crippen LogP contribution in [0.2, 0.25) is 0 Å². The largest absolute Gasteiger partial charge is 0.492 e. The van der Waals surface area contributed by atoms with Gasteiger partial charge in [0.25, 0.3) is 5.91 Å². The van der Waals surface area contributed by atoms with Gasteiger partial charge >= 0.3 is 0 Å². The molecule has 0 aliphatic heterocycles. The van der Waals surface area contributed by atoms with Gasteiger partial charge < -0.3 is 20.3 Å². The molecule has 0 fully saturated rings. The summed E-state index contributed by atoms with van der Waals surface area (Å²) in [7, 11) is 3.74. The van der Waals surface area contributed by atoms with Gasteiger partial charge in [-0.1, -0.05) is 37.3 Å². The summed E-state index contributed by atoms with van der Waals surface area (Å²) < 4.78 is 5.74. The SMILES string of the molecule is CCC(C)NC(=O)c1ccc(CNC(=NC)N(C)CCOc2ccccc2)cc1.I. The Balaban J connectivity index is 0.00000450. The summed E-state index contributed by atoms with van der Waals surface area (Å²) in [5.41, 5.74) is 1.76. The van der Waals surface area contributed by atoms with E-state index in [0.29, 0.717) is 25.3 Å². The molecule has 0 saturated carbocycles. The molecule has 0 bridgehead atoms. The molecule has 0 radical (unpaired) electrons. The lowest BCUT2D eigenvalue weighted by molar-refractivity contribution is 0.0939. The Kier molecular flexibility index (Phi) is 11.9. The van der Waals surface area contributed by atoms with E-state index in [0.717, 1.165) is 23.7 Å². The molecule has 2 aromatic rings. The first kappa shape index (κ1) is 25.7. The van der Waals surface area contributed by atoms with Gasteiger partial charge in [-0.25, -0.2) is 0 Å². The highest BCUT2D eigenvalue weighted by Gasteiger charge is 2.09. The van der Waals surface area contributed by atoms with Crippen molar-refractivity contribution >= 4 is 35.8 Å². The minimum Gasteiger partial charge on any atom is -0.492 e. The molecule has 2 rings (SSSR count). The number of nitrogens with one attached hydrogen (secondary N) is 2. The lowest BCUT2D eigenvalue weighted by Gasteiger charge is -2.22. The maximum Gasteiger partial charge on any atom is 0.251 e. The Bertz CT molecular complexity index is 782. The number of aliphatic imine (C=N–C) groups is 1. The number of nitrogens with zero attached hydrogens (tertiary/aromatic N) is 2. The van der Waals surface area contributed by atoms with Crippen LogP contribution in [0.15, 0.2) is 59.6 Å². The second-order valence-electron chi connectivity index (χ2n) is 6.96. The third-order valence-electron chi connectivity index (χ3n) is 4.67. The zero-order chi connectivity index (χ0) is 21.1. The van der Waals surface area contributed by atoms with Crippen LogP contribution in [0.5, 0.6) is 5.75 Å². The fourth-order valence-corrected chi connectivity index (χ4v) is 2.67. The highest BCUT2D eigenvalue weighted by Crippen LogP contribution is 2.08. The monoisotopic (exact) mass is 524 g/mol. The van der Waals surface area contributed by atoms with E-state index >= 15 is 0 Å². The van der Waals surface area contributed by atoms with Crippen LogP contribution < -0.4 is 15.4 Å². The number of ether oxygens (including phenoxy) is 1. The molecular formula is C23H33IN4O2. The highest BCUT2D eigenvalue weighted by molar-refractivity contribution is 14.0. The van der Waals surface area contributed by atoms with Crippen molar-refractivity contribution in [3.05, 3.63) is 65.7 Å². The van der Waals surface area contributed by atoms with Crippen molar-refractivity contribution in [2.45, 2.75) is 32.9 Å². The zero-order valence-corrected chi connectivity index (χ0v) is 20.6. The van der Waals surface area contributed by atoms with Crippen LogP contribution in [0.3, 0.4) is 0 Å². The zero-order valence-electron chi connectivity index (χ0n) is 18.2. The fourth-order valence-electron chi connectivity index (χ4n) is 2.67. The van der Waals surface area contributed by atoms with Crippen LogP contribution in [0.25, 0.3) is 0 Å². The molecule has 6 nitrogen and oxygen atoms in total. The number of likely N-dealkylation sites (N-methyl/N-ethyl adjacent to an activating group) is 1.